The van der Waals surface area contributed by atoms with Crippen LogP contribution in [0.3, 0.4) is 0 Å². The van der Waals surface area contributed by atoms with Gasteiger partial charge in [-0.1, -0.05) is 164 Å². The van der Waals surface area contributed by atoms with E-state index < -0.39 is 5.41 Å². The fraction of sp³-hybridized carbons (Fsp3) is 0.0145. The lowest BCUT2D eigenvalue weighted by Crippen LogP contribution is -2.26. The lowest BCUT2D eigenvalue weighted by molar-refractivity contribution is 0.668. The van der Waals surface area contributed by atoms with Gasteiger partial charge in [-0.05, 0) is 140 Å². The Labute approximate surface area is 420 Å². The van der Waals surface area contributed by atoms with E-state index in [0.29, 0.717) is 0 Å². The molecule has 14 aromatic rings. The summed E-state index contributed by atoms with van der Waals surface area (Å²) in [5, 5.41) is 9.24. The molecule has 2 aliphatic carbocycles. The van der Waals surface area contributed by atoms with Crippen LogP contribution in [0.1, 0.15) is 22.3 Å². The highest BCUT2D eigenvalue weighted by Crippen LogP contribution is 2.66. The first-order chi connectivity index (χ1) is 36.2. The van der Waals surface area contributed by atoms with Crippen molar-refractivity contribution in [1.29, 1.82) is 0 Å². The largest absolute Gasteiger partial charge is 0.456 e. The minimum atomic E-state index is -0.645. The maximum atomic E-state index is 6.58. The van der Waals surface area contributed by atoms with Crippen LogP contribution in [0.5, 0.6) is 0 Å². The van der Waals surface area contributed by atoms with E-state index in [-0.39, 0.29) is 0 Å². The van der Waals surface area contributed by atoms with Crippen LogP contribution in [0.2, 0.25) is 0 Å². The second-order valence-electron chi connectivity index (χ2n) is 19.5. The van der Waals surface area contributed by atoms with Crippen molar-refractivity contribution in [3.8, 4) is 22.3 Å². The number of anilines is 6. The third-order valence-corrected chi connectivity index (χ3v) is 15.8. The Bertz CT molecular complexity index is 4540. The molecule has 2 heterocycles. The highest BCUT2D eigenvalue weighted by Gasteiger charge is 2.53. The van der Waals surface area contributed by atoms with Crippen molar-refractivity contribution < 1.29 is 8.83 Å². The minimum Gasteiger partial charge on any atom is -0.456 e. The van der Waals surface area contributed by atoms with E-state index in [1.807, 2.05) is 18.2 Å². The normalized spacial score (nSPS) is 13.0. The summed E-state index contributed by atoms with van der Waals surface area (Å²) in [6, 6.07) is 93.0. The van der Waals surface area contributed by atoms with Crippen LogP contribution in [0.4, 0.5) is 34.1 Å². The number of hydrogen-bond donors (Lipinski definition) is 0. The fourth-order valence-electron chi connectivity index (χ4n) is 12.9. The zero-order chi connectivity index (χ0) is 47.8. The van der Waals surface area contributed by atoms with Crippen molar-refractivity contribution in [3.05, 3.63) is 277 Å². The van der Waals surface area contributed by atoms with Crippen LogP contribution >= 0.6 is 0 Å². The molecule has 340 valence electrons. The van der Waals surface area contributed by atoms with Gasteiger partial charge in [0.1, 0.15) is 22.3 Å². The molecule has 0 N–H and O–H groups in total. The summed E-state index contributed by atoms with van der Waals surface area (Å²) in [7, 11) is 0. The third kappa shape index (κ3) is 5.60. The Hall–Kier alpha value is -9.64. The number of rotatable bonds is 6. The Morgan fingerprint density at radius 3 is 1.36 bits per heavy atom. The van der Waals surface area contributed by atoms with Crippen molar-refractivity contribution in [1.82, 2.24) is 0 Å². The molecular weight excluding hydrogens is 889 g/mol. The van der Waals surface area contributed by atoms with E-state index in [1.165, 1.54) is 66.1 Å². The topological polar surface area (TPSA) is 32.8 Å². The number of benzene rings is 12. The molecule has 2 aliphatic rings. The standard InChI is InChI=1S/C69H42N2O2/c1-3-17-44(18-4-1)70(47-33-37-55-53-24-11-15-29-63(53)72-65(55)40-47)46-32-36-49-43(39-46)31-35-58-67-57-26-8-7-23-52(57)62(42-61(67)69(68(49)58)59-27-13-9-21-50(59)51-22-10-14-28-60(51)69)71(45-19-5-2-6-20-45)48-34-38-56-54-25-12-16-30-64(54)73-66(56)41-48/h1-42H. The maximum Gasteiger partial charge on any atom is 0.137 e. The van der Waals surface area contributed by atoms with Crippen molar-refractivity contribution in [3.63, 3.8) is 0 Å². The zero-order valence-electron chi connectivity index (χ0n) is 39.5. The second kappa shape index (κ2) is 15.2. The summed E-state index contributed by atoms with van der Waals surface area (Å²) in [6.45, 7) is 0. The van der Waals surface area contributed by atoms with Crippen LogP contribution in [-0.2, 0) is 5.41 Å². The molecule has 73 heavy (non-hydrogen) atoms. The molecule has 2 aromatic heterocycles. The van der Waals surface area contributed by atoms with Gasteiger partial charge in [-0.25, -0.2) is 0 Å². The van der Waals surface area contributed by atoms with Crippen LogP contribution in [0, 0.1) is 0 Å². The lowest BCUT2D eigenvalue weighted by Gasteiger charge is -2.33. The van der Waals surface area contributed by atoms with Gasteiger partial charge in [-0.3, -0.25) is 0 Å². The molecule has 0 unspecified atom stereocenters. The Balaban J connectivity index is 0.963. The maximum absolute atomic E-state index is 6.58. The molecule has 4 nitrogen and oxygen atoms in total. The predicted octanol–water partition coefficient (Wildman–Crippen LogP) is 19.1. The van der Waals surface area contributed by atoms with Crippen molar-refractivity contribution in [2.24, 2.45) is 0 Å². The van der Waals surface area contributed by atoms with Gasteiger partial charge < -0.3 is 18.6 Å². The molecule has 0 bridgehead atoms. The summed E-state index contributed by atoms with van der Waals surface area (Å²) in [4.78, 5) is 4.79. The minimum absolute atomic E-state index is 0.645. The number of para-hydroxylation sites is 4. The molecular formula is C69H42N2O2. The molecule has 0 saturated carbocycles. The van der Waals surface area contributed by atoms with E-state index in [1.54, 1.807) is 0 Å². The van der Waals surface area contributed by atoms with Crippen molar-refractivity contribution in [2.45, 2.75) is 5.41 Å². The molecule has 0 aliphatic heterocycles. The summed E-state index contributed by atoms with van der Waals surface area (Å²) in [6.07, 6.45) is 0. The van der Waals surface area contributed by atoms with Gasteiger partial charge >= 0.3 is 0 Å². The predicted molar refractivity (Wildman–Crippen MR) is 302 cm³/mol. The third-order valence-electron chi connectivity index (χ3n) is 15.8. The molecule has 0 amide bonds. The number of nitrogens with zero attached hydrogens (tertiary/aromatic N) is 2. The van der Waals surface area contributed by atoms with Gasteiger partial charge in [0.25, 0.3) is 0 Å². The first-order valence-electron chi connectivity index (χ1n) is 25.1. The molecule has 0 fully saturated rings. The molecule has 0 radical (unpaired) electrons. The number of hydrogen-bond acceptors (Lipinski definition) is 4. The van der Waals surface area contributed by atoms with Gasteiger partial charge in [-0.15, -0.1) is 0 Å². The summed E-state index contributed by atoms with van der Waals surface area (Å²) in [5.41, 5.74) is 19.5. The van der Waals surface area contributed by atoms with Gasteiger partial charge in [0.15, 0.2) is 0 Å². The summed E-state index contributed by atoms with van der Waals surface area (Å²) in [5.74, 6) is 0. The fourth-order valence-corrected chi connectivity index (χ4v) is 12.9. The van der Waals surface area contributed by atoms with E-state index in [9.17, 15) is 0 Å². The molecule has 0 atom stereocenters. The van der Waals surface area contributed by atoms with Gasteiger partial charge in [0.05, 0.1) is 11.1 Å². The number of fused-ring (bicyclic) bond motifs is 20. The first-order valence-corrected chi connectivity index (χ1v) is 25.1. The average molecular weight is 931 g/mol. The Kier molecular flexibility index (Phi) is 8.35. The van der Waals surface area contributed by atoms with E-state index in [0.717, 1.165) is 78.0 Å². The molecule has 0 saturated heterocycles. The smallest absolute Gasteiger partial charge is 0.137 e. The van der Waals surface area contributed by atoms with Crippen LogP contribution < -0.4 is 9.80 Å². The van der Waals surface area contributed by atoms with E-state index >= 15 is 0 Å². The van der Waals surface area contributed by atoms with Crippen LogP contribution in [0.15, 0.2) is 264 Å². The SMILES string of the molecule is c1ccc(N(c2ccc3c4c(ccc3c2)-c2c(cc(N(c3ccccc3)c3ccc5c(c3)oc3ccccc35)c3ccccc23)C42c3ccccc3-c3ccccc32)c2ccc3c(c2)oc2ccccc23)cc1. The summed E-state index contributed by atoms with van der Waals surface area (Å²) >= 11 is 0. The van der Waals surface area contributed by atoms with E-state index in [4.69, 9.17) is 8.83 Å². The lowest BCUT2D eigenvalue weighted by atomic mass is 9.69. The van der Waals surface area contributed by atoms with Gasteiger partial charge in [0.2, 0.25) is 0 Å². The van der Waals surface area contributed by atoms with Crippen molar-refractivity contribution >= 4 is 99.5 Å². The Morgan fingerprint density at radius 2 is 0.740 bits per heavy atom. The molecule has 4 heteroatoms. The van der Waals surface area contributed by atoms with Gasteiger partial charge in [-0.2, -0.15) is 0 Å². The average Bonchev–Trinajstić information content (AvgIpc) is 4.20. The molecule has 16 rings (SSSR count). The molecule has 12 aromatic carbocycles. The highest BCUT2D eigenvalue weighted by atomic mass is 16.3. The highest BCUT2D eigenvalue weighted by molar-refractivity contribution is 6.16. The summed E-state index contributed by atoms with van der Waals surface area (Å²) < 4.78 is 13.1. The molecule has 1 spiro atoms. The van der Waals surface area contributed by atoms with Crippen LogP contribution in [-0.4, -0.2) is 0 Å². The second-order valence-corrected chi connectivity index (χ2v) is 19.5. The van der Waals surface area contributed by atoms with Crippen molar-refractivity contribution in [2.75, 3.05) is 9.80 Å². The van der Waals surface area contributed by atoms with Crippen LogP contribution in [0.25, 0.3) is 87.7 Å². The zero-order valence-corrected chi connectivity index (χ0v) is 39.5. The van der Waals surface area contributed by atoms with Gasteiger partial charge in [0, 0.05) is 67.5 Å². The monoisotopic (exact) mass is 930 g/mol. The quantitative estimate of drug-likeness (QED) is 0.166. The van der Waals surface area contributed by atoms with E-state index in [2.05, 4.69) is 246 Å². The first kappa shape index (κ1) is 40.1. The Morgan fingerprint density at radius 1 is 0.274 bits per heavy atom. The number of furan rings is 2.